The molecule has 0 aliphatic carbocycles. The highest BCUT2D eigenvalue weighted by Gasteiger charge is 2.30. The molecule has 3 heterocycles. The Morgan fingerprint density at radius 1 is 1.00 bits per heavy atom. The second-order valence-corrected chi connectivity index (χ2v) is 6.87. The summed E-state index contributed by atoms with van der Waals surface area (Å²) >= 11 is 0. The van der Waals surface area contributed by atoms with E-state index >= 15 is 0 Å². The van der Waals surface area contributed by atoms with Crippen molar-refractivity contribution in [3.63, 3.8) is 0 Å². The van der Waals surface area contributed by atoms with Crippen LogP contribution in [0.25, 0.3) is 0 Å². The number of ether oxygens (including phenoxy) is 5. The lowest BCUT2D eigenvalue weighted by Gasteiger charge is -2.18. The fraction of sp³-hybridized carbons (Fsp3) is 0.400. The summed E-state index contributed by atoms with van der Waals surface area (Å²) in [6, 6.07) is 10.5. The van der Waals surface area contributed by atoms with E-state index in [2.05, 4.69) is 30.4 Å². The molecule has 0 fully saturated rings. The van der Waals surface area contributed by atoms with E-state index in [4.69, 9.17) is 23.7 Å². The summed E-state index contributed by atoms with van der Waals surface area (Å²) in [5, 5.41) is 3.58. The molecule has 26 heavy (non-hydrogen) atoms. The molecule has 2 atom stereocenters. The van der Waals surface area contributed by atoms with Gasteiger partial charge >= 0.3 is 0 Å². The maximum atomic E-state index is 5.98. The van der Waals surface area contributed by atoms with Crippen molar-refractivity contribution in [2.24, 2.45) is 0 Å². The van der Waals surface area contributed by atoms with Crippen LogP contribution < -0.4 is 24.3 Å². The van der Waals surface area contributed by atoms with Crippen LogP contribution in [0.2, 0.25) is 0 Å². The van der Waals surface area contributed by atoms with Crippen LogP contribution in [-0.2, 0) is 17.8 Å². The third-order valence-electron chi connectivity index (χ3n) is 5.08. The molecule has 2 unspecified atom stereocenters. The molecule has 2 aromatic carbocycles. The van der Waals surface area contributed by atoms with Crippen LogP contribution in [0.5, 0.6) is 23.0 Å². The van der Waals surface area contributed by atoms with Crippen LogP contribution in [0, 0.1) is 0 Å². The molecule has 0 aromatic heterocycles. The Kier molecular flexibility index (Phi) is 3.87. The van der Waals surface area contributed by atoms with E-state index in [1.54, 1.807) is 0 Å². The van der Waals surface area contributed by atoms with Gasteiger partial charge in [0.15, 0.2) is 23.0 Å². The first-order valence-corrected chi connectivity index (χ1v) is 8.93. The van der Waals surface area contributed by atoms with E-state index in [1.807, 2.05) is 12.1 Å². The van der Waals surface area contributed by atoms with Gasteiger partial charge in [0.2, 0.25) is 13.6 Å². The predicted octanol–water partition coefficient (Wildman–Crippen LogP) is 2.94. The highest BCUT2D eigenvalue weighted by molar-refractivity contribution is 5.53. The summed E-state index contributed by atoms with van der Waals surface area (Å²) in [6.07, 6.45) is 0.955. The van der Waals surface area contributed by atoms with Gasteiger partial charge in [-0.25, -0.2) is 0 Å². The van der Waals surface area contributed by atoms with Gasteiger partial charge in [0.25, 0.3) is 0 Å². The van der Waals surface area contributed by atoms with E-state index in [1.165, 1.54) is 11.1 Å². The second-order valence-electron chi connectivity index (χ2n) is 6.87. The van der Waals surface area contributed by atoms with Crippen molar-refractivity contribution < 1.29 is 23.7 Å². The van der Waals surface area contributed by atoms with Crippen LogP contribution >= 0.6 is 0 Å². The van der Waals surface area contributed by atoms with Crippen molar-refractivity contribution in [3.05, 3.63) is 47.0 Å². The zero-order valence-electron chi connectivity index (χ0n) is 14.6. The topological polar surface area (TPSA) is 58.2 Å². The Balaban J connectivity index is 1.21. The van der Waals surface area contributed by atoms with Gasteiger partial charge in [0.05, 0.1) is 12.7 Å². The van der Waals surface area contributed by atoms with Gasteiger partial charge in [-0.2, -0.15) is 0 Å². The molecule has 3 aliphatic rings. The third kappa shape index (κ3) is 2.75. The minimum absolute atomic E-state index is 0.0405. The fourth-order valence-electron chi connectivity index (χ4n) is 3.74. The summed E-state index contributed by atoms with van der Waals surface area (Å²) in [4.78, 5) is 0. The van der Waals surface area contributed by atoms with Crippen molar-refractivity contribution in [1.82, 2.24) is 5.32 Å². The molecule has 3 aliphatic heterocycles. The van der Waals surface area contributed by atoms with Gasteiger partial charge in [0.1, 0.15) is 0 Å². The Morgan fingerprint density at radius 2 is 1.81 bits per heavy atom. The first kappa shape index (κ1) is 15.8. The third-order valence-corrected chi connectivity index (χ3v) is 5.08. The largest absolute Gasteiger partial charge is 0.454 e. The number of nitrogens with one attached hydrogen (secondary N) is 1. The normalized spacial score (nSPS) is 20.3. The van der Waals surface area contributed by atoms with Crippen molar-refractivity contribution in [2.75, 3.05) is 20.1 Å². The number of benzene rings is 2. The van der Waals surface area contributed by atoms with Crippen molar-refractivity contribution in [2.45, 2.75) is 32.1 Å². The van der Waals surface area contributed by atoms with Crippen LogP contribution in [0.1, 0.15) is 29.7 Å². The monoisotopic (exact) mass is 355 g/mol. The standard InChI is InChI=1S/C20H21NO5/c1-12(6-13-2-4-16-18(7-13)25-10-23-16)21-8-19-14-3-5-17-20(26-11-24-17)15(14)9-22-19/h2-5,7,12,19,21H,6,8-11H2,1H3. The molecule has 0 amide bonds. The summed E-state index contributed by atoms with van der Waals surface area (Å²) in [7, 11) is 0. The lowest BCUT2D eigenvalue weighted by molar-refractivity contribution is 0.0635. The second kappa shape index (κ2) is 6.37. The molecular weight excluding hydrogens is 334 g/mol. The molecule has 0 radical (unpaired) electrons. The summed E-state index contributed by atoms with van der Waals surface area (Å²) in [5.41, 5.74) is 3.54. The van der Waals surface area contributed by atoms with E-state index < -0.39 is 0 Å². The van der Waals surface area contributed by atoms with Crippen LogP contribution in [0.4, 0.5) is 0 Å². The Morgan fingerprint density at radius 3 is 2.77 bits per heavy atom. The highest BCUT2D eigenvalue weighted by atomic mass is 16.7. The predicted molar refractivity (Wildman–Crippen MR) is 93.8 cm³/mol. The summed E-state index contributed by atoms with van der Waals surface area (Å²) < 4.78 is 27.8. The molecule has 1 N–H and O–H groups in total. The van der Waals surface area contributed by atoms with Gasteiger partial charge in [-0.1, -0.05) is 12.1 Å². The number of fused-ring (bicyclic) bond motifs is 4. The lowest BCUT2D eigenvalue weighted by Crippen LogP contribution is -2.32. The van der Waals surface area contributed by atoms with Crippen molar-refractivity contribution in [3.8, 4) is 23.0 Å². The molecule has 0 spiro atoms. The highest BCUT2D eigenvalue weighted by Crippen LogP contribution is 2.44. The average Bonchev–Trinajstić information content (AvgIpc) is 3.37. The first-order valence-electron chi connectivity index (χ1n) is 8.93. The van der Waals surface area contributed by atoms with Gasteiger partial charge in [-0.15, -0.1) is 0 Å². The van der Waals surface area contributed by atoms with Gasteiger partial charge in [-0.3, -0.25) is 0 Å². The Bertz CT molecular complexity index is 837. The lowest BCUT2D eigenvalue weighted by atomic mass is 10.0. The molecule has 0 saturated carbocycles. The molecule has 6 nitrogen and oxygen atoms in total. The van der Waals surface area contributed by atoms with Gasteiger partial charge < -0.3 is 29.0 Å². The molecule has 6 heteroatoms. The van der Waals surface area contributed by atoms with Crippen molar-refractivity contribution >= 4 is 0 Å². The van der Waals surface area contributed by atoms with Gasteiger partial charge in [-0.05, 0) is 42.7 Å². The van der Waals surface area contributed by atoms with Gasteiger partial charge in [0, 0.05) is 18.2 Å². The SMILES string of the molecule is CC(Cc1ccc2c(c1)OCO2)NCC1OCc2c1ccc1c2OCO1. The summed E-state index contributed by atoms with van der Waals surface area (Å²) in [5.74, 6) is 3.32. The number of hydrogen-bond donors (Lipinski definition) is 1. The van der Waals surface area contributed by atoms with E-state index in [-0.39, 0.29) is 6.10 Å². The molecule has 0 bridgehead atoms. The number of hydrogen-bond acceptors (Lipinski definition) is 6. The smallest absolute Gasteiger partial charge is 0.231 e. The minimum atomic E-state index is 0.0405. The molecule has 2 aromatic rings. The molecule has 0 saturated heterocycles. The molecule has 5 rings (SSSR count). The van der Waals surface area contributed by atoms with E-state index in [0.29, 0.717) is 26.2 Å². The summed E-state index contributed by atoms with van der Waals surface area (Å²) in [6.45, 7) is 4.12. The number of rotatable bonds is 5. The van der Waals surface area contributed by atoms with Crippen LogP contribution in [0.3, 0.4) is 0 Å². The van der Waals surface area contributed by atoms with Crippen molar-refractivity contribution in [1.29, 1.82) is 0 Å². The average molecular weight is 355 g/mol. The Hall–Kier alpha value is -2.44. The van der Waals surface area contributed by atoms with Crippen LogP contribution in [0.15, 0.2) is 30.3 Å². The van der Waals surface area contributed by atoms with E-state index in [9.17, 15) is 0 Å². The maximum absolute atomic E-state index is 5.98. The zero-order valence-corrected chi connectivity index (χ0v) is 14.6. The van der Waals surface area contributed by atoms with E-state index in [0.717, 1.165) is 41.5 Å². The first-order chi connectivity index (χ1) is 12.8. The Labute approximate surface area is 152 Å². The quantitative estimate of drug-likeness (QED) is 0.890. The molecular formula is C20H21NO5. The maximum Gasteiger partial charge on any atom is 0.231 e. The molecule has 136 valence electrons. The minimum Gasteiger partial charge on any atom is -0.454 e. The fourth-order valence-corrected chi connectivity index (χ4v) is 3.74. The zero-order chi connectivity index (χ0) is 17.5. The van der Waals surface area contributed by atoms with Crippen LogP contribution in [-0.4, -0.2) is 26.2 Å².